The van der Waals surface area contributed by atoms with Gasteiger partial charge in [0.15, 0.2) is 15.8 Å². The fourth-order valence-corrected chi connectivity index (χ4v) is 4.07. The van der Waals surface area contributed by atoms with Crippen molar-refractivity contribution in [2.24, 2.45) is 4.99 Å². The van der Waals surface area contributed by atoms with E-state index < -0.39 is 14.6 Å². The van der Waals surface area contributed by atoms with E-state index in [1.54, 1.807) is 13.8 Å². The normalized spacial score (nSPS) is 19.5. The Kier molecular flexibility index (Phi) is 6.70. The third kappa shape index (κ3) is 5.36. The minimum Gasteiger partial charge on any atom is -0.494 e. The molecule has 0 aromatic heterocycles. The van der Waals surface area contributed by atoms with Crippen LogP contribution < -0.4 is 10.1 Å². The summed E-state index contributed by atoms with van der Waals surface area (Å²) in [6.07, 6.45) is 0.805. The van der Waals surface area contributed by atoms with E-state index in [0.29, 0.717) is 26.2 Å². The minimum atomic E-state index is -3.05. The van der Waals surface area contributed by atoms with Crippen molar-refractivity contribution in [1.29, 1.82) is 0 Å². The van der Waals surface area contributed by atoms with Gasteiger partial charge in [0.2, 0.25) is 0 Å². The van der Waals surface area contributed by atoms with Gasteiger partial charge in [0.05, 0.1) is 17.1 Å². The highest BCUT2D eigenvalue weighted by Gasteiger charge is 2.40. The van der Waals surface area contributed by atoms with Gasteiger partial charge in [-0.1, -0.05) is 18.2 Å². The molecule has 0 saturated carbocycles. The van der Waals surface area contributed by atoms with Crippen molar-refractivity contribution >= 4 is 15.8 Å². The summed E-state index contributed by atoms with van der Waals surface area (Å²) in [7, 11) is -3.05. The molecule has 0 unspecified atom stereocenters. The van der Waals surface area contributed by atoms with Crippen LogP contribution in [0, 0.1) is 0 Å². The molecule has 1 aromatic carbocycles. The Morgan fingerprint density at radius 1 is 1.32 bits per heavy atom. The molecule has 1 N–H and O–H groups in total. The summed E-state index contributed by atoms with van der Waals surface area (Å²) in [4.78, 5) is 6.68. The first-order chi connectivity index (χ1) is 11.9. The SMILES string of the molecule is CCNC(=NCCCOc1ccccc1)N1CCS(=O)(=O)C(C)(C)C1. The molecular weight excluding hydrogens is 338 g/mol. The average molecular weight is 368 g/mol. The van der Waals surface area contributed by atoms with E-state index >= 15 is 0 Å². The lowest BCUT2D eigenvalue weighted by atomic mass is 10.2. The van der Waals surface area contributed by atoms with Gasteiger partial charge in [-0.2, -0.15) is 0 Å². The number of hydrogen-bond donors (Lipinski definition) is 1. The number of nitrogens with one attached hydrogen (secondary N) is 1. The first-order valence-electron chi connectivity index (χ1n) is 8.79. The van der Waals surface area contributed by atoms with Crippen LogP contribution in [0.15, 0.2) is 35.3 Å². The molecule has 0 aliphatic carbocycles. The van der Waals surface area contributed by atoms with E-state index in [9.17, 15) is 8.42 Å². The smallest absolute Gasteiger partial charge is 0.193 e. The number of rotatable bonds is 6. The fraction of sp³-hybridized carbons (Fsp3) is 0.611. The fourth-order valence-electron chi connectivity index (χ4n) is 2.71. The molecule has 1 aliphatic heterocycles. The molecule has 0 radical (unpaired) electrons. The molecule has 0 atom stereocenters. The second kappa shape index (κ2) is 8.56. The standard InChI is InChI=1S/C18H29N3O3S/c1-4-19-17(21-12-14-25(22,23)18(2,3)15-21)20-11-8-13-24-16-9-6-5-7-10-16/h5-7,9-10H,4,8,11-15H2,1-3H3,(H,19,20). The number of para-hydroxylation sites is 1. The van der Waals surface area contributed by atoms with Crippen LogP contribution >= 0.6 is 0 Å². The molecule has 1 heterocycles. The number of ether oxygens (including phenoxy) is 1. The Labute approximate surface area is 151 Å². The highest BCUT2D eigenvalue weighted by Crippen LogP contribution is 2.23. The van der Waals surface area contributed by atoms with Gasteiger partial charge in [-0.25, -0.2) is 8.42 Å². The Hall–Kier alpha value is -1.76. The van der Waals surface area contributed by atoms with E-state index in [1.165, 1.54) is 0 Å². The highest BCUT2D eigenvalue weighted by molar-refractivity contribution is 7.92. The van der Waals surface area contributed by atoms with Crippen molar-refractivity contribution in [1.82, 2.24) is 10.2 Å². The van der Waals surface area contributed by atoms with E-state index in [0.717, 1.165) is 24.7 Å². The zero-order valence-corrected chi connectivity index (χ0v) is 16.2. The Balaban J connectivity index is 1.88. The topological polar surface area (TPSA) is 71.0 Å². The van der Waals surface area contributed by atoms with Crippen molar-refractivity contribution in [3.8, 4) is 5.75 Å². The van der Waals surface area contributed by atoms with E-state index in [2.05, 4.69) is 10.3 Å². The van der Waals surface area contributed by atoms with E-state index in [1.807, 2.05) is 42.2 Å². The molecule has 25 heavy (non-hydrogen) atoms. The molecule has 6 nitrogen and oxygen atoms in total. The Bertz CT molecular complexity index is 672. The molecule has 1 saturated heterocycles. The number of hydrogen-bond acceptors (Lipinski definition) is 4. The van der Waals surface area contributed by atoms with Gasteiger partial charge in [0.1, 0.15) is 5.75 Å². The van der Waals surface area contributed by atoms with Crippen LogP contribution in [-0.4, -0.2) is 62.6 Å². The summed E-state index contributed by atoms with van der Waals surface area (Å²) >= 11 is 0. The van der Waals surface area contributed by atoms with Crippen LogP contribution in [0.25, 0.3) is 0 Å². The number of benzene rings is 1. The molecule has 0 spiro atoms. The molecule has 140 valence electrons. The first kappa shape index (κ1) is 19.6. The molecule has 1 fully saturated rings. The quantitative estimate of drug-likeness (QED) is 0.473. The zero-order valence-electron chi connectivity index (χ0n) is 15.4. The predicted molar refractivity (Wildman–Crippen MR) is 102 cm³/mol. The van der Waals surface area contributed by atoms with E-state index in [-0.39, 0.29) is 5.75 Å². The lowest BCUT2D eigenvalue weighted by Crippen LogP contribution is -2.57. The number of aliphatic imine (C=N–C) groups is 1. The molecule has 7 heteroatoms. The van der Waals surface area contributed by atoms with Crippen molar-refractivity contribution in [2.75, 3.05) is 38.5 Å². The molecule has 2 rings (SSSR count). The largest absolute Gasteiger partial charge is 0.494 e. The van der Waals surface area contributed by atoms with Gasteiger partial charge in [0.25, 0.3) is 0 Å². The number of nitrogens with zero attached hydrogens (tertiary/aromatic N) is 2. The first-order valence-corrected chi connectivity index (χ1v) is 10.4. The van der Waals surface area contributed by atoms with E-state index in [4.69, 9.17) is 4.74 Å². The van der Waals surface area contributed by atoms with Gasteiger partial charge in [-0.05, 0) is 32.9 Å². The van der Waals surface area contributed by atoms with Crippen LogP contribution in [0.4, 0.5) is 0 Å². The van der Waals surface area contributed by atoms with Crippen molar-refractivity contribution in [2.45, 2.75) is 31.9 Å². The summed E-state index contributed by atoms with van der Waals surface area (Å²) in [6.45, 7) is 8.52. The van der Waals surface area contributed by atoms with Gasteiger partial charge in [0, 0.05) is 32.6 Å². The van der Waals surface area contributed by atoms with Gasteiger partial charge in [-0.3, -0.25) is 4.99 Å². The number of guanidine groups is 1. The van der Waals surface area contributed by atoms with Crippen LogP contribution in [0.3, 0.4) is 0 Å². The Morgan fingerprint density at radius 2 is 2.04 bits per heavy atom. The second-order valence-electron chi connectivity index (χ2n) is 6.75. The monoisotopic (exact) mass is 367 g/mol. The molecule has 1 aliphatic rings. The van der Waals surface area contributed by atoms with Crippen molar-refractivity contribution < 1.29 is 13.2 Å². The van der Waals surface area contributed by atoms with Crippen LogP contribution in [0.2, 0.25) is 0 Å². The third-order valence-corrected chi connectivity index (χ3v) is 6.79. The number of sulfone groups is 1. The van der Waals surface area contributed by atoms with Crippen LogP contribution in [-0.2, 0) is 9.84 Å². The zero-order chi connectivity index (χ0) is 18.3. The minimum absolute atomic E-state index is 0.168. The third-order valence-electron chi connectivity index (χ3n) is 4.25. The summed E-state index contributed by atoms with van der Waals surface area (Å²) in [5, 5.41) is 3.27. The van der Waals surface area contributed by atoms with Gasteiger partial charge >= 0.3 is 0 Å². The average Bonchev–Trinajstić information content (AvgIpc) is 2.57. The molecule has 1 aromatic rings. The van der Waals surface area contributed by atoms with Crippen LogP contribution in [0.1, 0.15) is 27.2 Å². The highest BCUT2D eigenvalue weighted by atomic mass is 32.2. The maximum absolute atomic E-state index is 12.2. The molecular formula is C18H29N3O3S. The predicted octanol–water partition coefficient (Wildman–Crippen LogP) is 1.93. The van der Waals surface area contributed by atoms with Gasteiger partial charge < -0.3 is 15.0 Å². The maximum Gasteiger partial charge on any atom is 0.193 e. The molecule has 0 bridgehead atoms. The summed E-state index contributed by atoms with van der Waals surface area (Å²) in [5.74, 6) is 1.81. The van der Waals surface area contributed by atoms with Crippen molar-refractivity contribution in [3.63, 3.8) is 0 Å². The second-order valence-corrected chi connectivity index (χ2v) is 9.49. The van der Waals surface area contributed by atoms with Crippen LogP contribution in [0.5, 0.6) is 5.75 Å². The summed E-state index contributed by atoms with van der Waals surface area (Å²) in [6, 6.07) is 9.72. The lowest BCUT2D eigenvalue weighted by molar-refractivity contribution is 0.312. The Morgan fingerprint density at radius 3 is 2.68 bits per heavy atom. The molecule has 0 amide bonds. The van der Waals surface area contributed by atoms with Gasteiger partial charge in [-0.15, -0.1) is 0 Å². The van der Waals surface area contributed by atoms with Crippen molar-refractivity contribution in [3.05, 3.63) is 30.3 Å². The summed E-state index contributed by atoms with van der Waals surface area (Å²) in [5.41, 5.74) is 0. The maximum atomic E-state index is 12.2. The summed E-state index contributed by atoms with van der Waals surface area (Å²) < 4.78 is 29.2. The lowest BCUT2D eigenvalue weighted by Gasteiger charge is -2.39.